The highest BCUT2D eigenvalue weighted by atomic mass is 16.2. The van der Waals surface area contributed by atoms with Crippen molar-refractivity contribution in [1.29, 1.82) is 0 Å². The molecule has 0 aromatic heterocycles. The summed E-state index contributed by atoms with van der Waals surface area (Å²) in [5.41, 5.74) is 2.34. The van der Waals surface area contributed by atoms with E-state index in [1.807, 2.05) is 29.2 Å². The van der Waals surface area contributed by atoms with Crippen LogP contribution >= 0.6 is 0 Å². The van der Waals surface area contributed by atoms with Gasteiger partial charge in [-0.25, -0.2) is 0 Å². The first kappa shape index (κ1) is 18.2. The van der Waals surface area contributed by atoms with Crippen LogP contribution in [0.1, 0.15) is 73.7 Å². The summed E-state index contributed by atoms with van der Waals surface area (Å²) >= 11 is 0. The van der Waals surface area contributed by atoms with Gasteiger partial charge in [0.25, 0.3) is 5.91 Å². The highest BCUT2D eigenvalue weighted by Gasteiger charge is 2.50. The van der Waals surface area contributed by atoms with Crippen molar-refractivity contribution >= 4 is 11.8 Å². The van der Waals surface area contributed by atoms with Gasteiger partial charge in [-0.15, -0.1) is 0 Å². The van der Waals surface area contributed by atoms with Crippen molar-refractivity contribution in [3.63, 3.8) is 0 Å². The highest BCUT2D eigenvalue weighted by molar-refractivity contribution is 5.94. The van der Waals surface area contributed by atoms with Crippen molar-refractivity contribution in [3.05, 3.63) is 35.4 Å². The number of carbonyl (C=O) groups is 2. The minimum atomic E-state index is 0.0357. The van der Waals surface area contributed by atoms with E-state index in [9.17, 15) is 9.59 Å². The average molecular weight is 381 g/mol. The van der Waals surface area contributed by atoms with Gasteiger partial charge in [-0.2, -0.15) is 0 Å². The van der Waals surface area contributed by atoms with Gasteiger partial charge in [-0.3, -0.25) is 9.59 Å². The fraction of sp³-hybridized carbons (Fsp3) is 0.667. The molecule has 1 aromatic rings. The smallest absolute Gasteiger partial charge is 0.251 e. The summed E-state index contributed by atoms with van der Waals surface area (Å²) < 4.78 is 0. The molecular formula is C24H32N2O2. The summed E-state index contributed by atoms with van der Waals surface area (Å²) in [6, 6.07) is 7.77. The lowest BCUT2D eigenvalue weighted by molar-refractivity contribution is -0.128. The molecule has 4 bridgehead atoms. The lowest BCUT2D eigenvalue weighted by atomic mass is 9.49. The minimum absolute atomic E-state index is 0.0357. The predicted molar refractivity (Wildman–Crippen MR) is 109 cm³/mol. The van der Waals surface area contributed by atoms with E-state index >= 15 is 0 Å². The summed E-state index contributed by atoms with van der Waals surface area (Å²) in [5, 5.41) is 3.17. The van der Waals surface area contributed by atoms with E-state index in [4.69, 9.17) is 0 Å². The SMILES string of the molecule is O=C(NCCC12CC3CC(CC(C3)C1)C2)c1ccc(CN2CCCC2=O)cc1. The van der Waals surface area contributed by atoms with Crippen molar-refractivity contribution in [2.75, 3.05) is 13.1 Å². The lowest BCUT2D eigenvalue weighted by Crippen LogP contribution is -2.47. The maximum atomic E-state index is 12.6. The highest BCUT2D eigenvalue weighted by Crippen LogP contribution is 2.61. The van der Waals surface area contributed by atoms with Crippen molar-refractivity contribution in [2.45, 2.75) is 64.3 Å². The Labute approximate surface area is 168 Å². The van der Waals surface area contributed by atoms with Crippen molar-refractivity contribution < 1.29 is 9.59 Å². The maximum Gasteiger partial charge on any atom is 0.251 e. The number of hydrogen-bond donors (Lipinski definition) is 1. The van der Waals surface area contributed by atoms with Gasteiger partial charge in [-0.05, 0) is 92.2 Å². The van der Waals surface area contributed by atoms with Crippen molar-refractivity contribution in [2.24, 2.45) is 23.2 Å². The molecule has 1 heterocycles. The first-order valence-electron chi connectivity index (χ1n) is 11.2. The van der Waals surface area contributed by atoms with Crippen LogP contribution in [-0.4, -0.2) is 29.8 Å². The Morgan fingerprint density at radius 2 is 1.68 bits per heavy atom. The molecule has 5 fully saturated rings. The number of amides is 2. The van der Waals surface area contributed by atoms with E-state index in [-0.39, 0.29) is 11.8 Å². The van der Waals surface area contributed by atoms with Crippen LogP contribution in [0, 0.1) is 23.2 Å². The predicted octanol–water partition coefficient (Wildman–Crippen LogP) is 4.15. The fourth-order valence-corrected chi connectivity index (χ4v) is 6.99. The molecule has 0 radical (unpaired) electrons. The molecule has 4 aliphatic carbocycles. The summed E-state index contributed by atoms with van der Waals surface area (Å²) in [6.07, 6.45) is 11.4. The molecule has 4 saturated carbocycles. The van der Waals surface area contributed by atoms with Crippen LogP contribution in [0.4, 0.5) is 0 Å². The quantitative estimate of drug-likeness (QED) is 0.806. The molecule has 28 heavy (non-hydrogen) atoms. The summed E-state index contributed by atoms with van der Waals surface area (Å²) in [6.45, 7) is 2.31. The largest absolute Gasteiger partial charge is 0.352 e. The molecule has 6 rings (SSSR count). The molecule has 1 N–H and O–H groups in total. The average Bonchev–Trinajstić information content (AvgIpc) is 3.05. The molecule has 4 nitrogen and oxygen atoms in total. The van der Waals surface area contributed by atoms with Crippen LogP contribution in [0.5, 0.6) is 0 Å². The van der Waals surface area contributed by atoms with Crippen LogP contribution in [-0.2, 0) is 11.3 Å². The van der Waals surface area contributed by atoms with E-state index in [0.29, 0.717) is 18.4 Å². The molecule has 2 amide bonds. The van der Waals surface area contributed by atoms with Gasteiger partial charge in [-0.1, -0.05) is 12.1 Å². The Kier molecular flexibility index (Phi) is 4.68. The summed E-state index contributed by atoms with van der Waals surface area (Å²) in [4.78, 5) is 26.2. The molecule has 1 aliphatic heterocycles. The van der Waals surface area contributed by atoms with Gasteiger partial charge >= 0.3 is 0 Å². The van der Waals surface area contributed by atoms with Gasteiger partial charge in [0.15, 0.2) is 0 Å². The third-order valence-electron chi connectivity index (χ3n) is 7.87. The van der Waals surface area contributed by atoms with Crippen LogP contribution < -0.4 is 5.32 Å². The molecule has 0 atom stereocenters. The molecule has 0 unspecified atom stereocenters. The number of benzene rings is 1. The Morgan fingerprint density at radius 1 is 1.04 bits per heavy atom. The number of likely N-dealkylation sites (tertiary alicyclic amines) is 1. The molecule has 5 aliphatic rings. The number of hydrogen-bond acceptors (Lipinski definition) is 2. The number of nitrogens with zero attached hydrogens (tertiary/aromatic N) is 1. The molecule has 4 heteroatoms. The van der Waals surface area contributed by atoms with Crippen LogP contribution in [0.3, 0.4) is 0 Å². The molecular weight excluding hydrogens is 348 g/mol. The zero-order valence-corrected chi connectivity index (χ0v) is 16.8. The van der Waals surface area contributed by atoms with E-state index in [2.05, 4.69) is 5.32 Å². The molecule has 1 aromatic carbocycles. The zero-order valence-electron chi connectivity index (χ0n) is 16.8. The van der Waals surface area contributed by atoms with Gasteiger partial charge in [0.1, 0.15) is 0 Å². The first-order valence-corrected chi connectivity index (χ1v) is 11.2. The van der Waals surface area contributed by atoms with Crippen molar-refractivity contribution in [1.82, 2.24) is 10.2 Å². The van der Waals surface area contributed by atoms with Crippen LogP contribution in [0.15, 0.2) is 24.3 Å². The first-order chi connectivity index (χ1) is 13.6. The monoisotopic (exact) mass is 380 g/mol. The van der Waals surface area contributed by atoms with Gasteiger partial charge in [0, 0.05) is 31.6 Å². The van der Waals surface area contributed by atoms with Gasteiger partial charge < -0.3 is 10.2 Å². The topological polar surface area (TPSA) is 49.4 Å². The Balaban J connectivity index is 1.13. The molecule has 1 saturated heterocycles. The zero-order chi connectivity index (χ0) is 19.1. The normalized spacial score (nSPS) is 33.5. The van der Waals surface area contributed by atoms with E-state index in [1.165, 1.54) is 38.5 Å². The van der Waals surface area contributed by atoms with Crippen LogP contribution in [0.25, 0.3) is 0 Å². The number of carbonyl (C=O) groups excluding carboxylic acids is 2. The third kappa shape index (κ3) is 3.58. The van der Waals surface area contributed by atoms with Crippen molar-refractivity contribution in [3.8, 4) is 0 Å². The second-order valence-electron chi connectivity index (χ2n) is 10.0. The second kappa shape index (κ2) is 7.20. The Bertz CT molecular complexity index is 719. The minimum Gasteiger partial charge on any atom is -0.352 e. The molecule has 0 spiro atoms. The second-order valence-corrected chi connectivity index (χ2v) is 10.0. The fourth-order valence-electron chi connectivity index (χ4n) is 6.99. The van der Waals surface area contributed by atoms with Crippen LogP contribution in [0.2, 0.25) is 0 Å². The maximum absolute atomic E-state index is 12.6. The lowest BCUT2D eigenvalue weighted by Gasteiger charge is -2.57. The number of rotatable bonds is 6. The summed E-state index contributed by atoms with van der Waals surface area (Å²) in [5.74, 6) is 3.19. The van der Waals surface area contributed by atoms with Gasteiger partial charge in [0.05, 0.1) is 0 Å². The Morgan fingerprint density at radius 3 is 2.25 bits per heavy atom. The van der Waals surface area contributed by atoms with Gasteiger partial charge in [0.2, 0.25) is 5.91 Å². The third-order valence-corrected chi connectivity index (χ3v) is 7.87. The van der Waals surface area contributed by atoms with E-state index in [0.717, 1.165) is 54.8 Å². The summed E-state index contributed by atoms with van der Waals surface area (Å²) in [7, 11) is 0. The molecule has 150 valence electrons. The number of nitrogens with one attached hydrogen (secondary N) is 1. The Hall–Kier alpha value is -1.84. The van der Waals surface area contributed by atoms with E-state index in [1.54, 1.807) is 0 Å². The van der Waals surface area contributed by atoms with E-state index < -0.39 is 0 Å². The standard InChI is InChI=1S/C24H32N2O2/c27-22-2-1-9-26(22)16-17-3-5-21(6-4-17)23(28)25-8-7-24-13-18-10-19(14-24)12-20(11-18)15-24/h3-6,18-20H,1-2,7-16H2,(H,25,28).